The summed E-state index contributed by atoms with van der Waals surface area (Å²) in [6, 6.07) is 17.8. The third-order valence-electron chi connectivity index (χ3n) is 5.11. The lowest BCUT2D eigenvalue weighted by Crippen LogP contribution is -2.23. The van der Waals surface area contributed by atoms with Gasteiger partial charge in [-0.1, -0.05) is 61.5 Å². The maximum Gasteiger partial charge on any atom is 0.257 e. The number of hydrogen-bond acceptors (Lipinski definition) is 5. The maximum atomic E-state index is 12.9. The maximum absolute atomic E-state index is 12.9. The summed E-state index contributed by atoms with van der Waals surface area (Å²) in [6.07, 6.45) is 1.59. The van der Waals surface area contributed by atoms with Crippen molar-refractivity contribution in [2.45, 2.75) is 13.8 Å². The van der Waals surface area contributed by atoms with Crippen LogP contribution in [0.15, 0.2) is 71.9 Å². The molecule has 0 unspecified atom stereocenters. The minimum absolute atomic E-state index is 0. The monoisotopic (exact) mass is 448 g/mol. The first-order valence-corrected chi connectivity index (χ1v) is 10.3. The van der Waals surface area contributed by atoms with Crippen molar-refractivity contribution in [1.29, 1.82) is 0 Å². The van der Waals surface area contributed by atoms with Crippen molar-refractivity contribution in [2.75, 3.05) is 25.5 Å². The number of aromatic nitrogens is 1. The van der Waals surface area contributed by atoms with E-state index in [-0.39, 0.29) is 25.5 Å². The van der Waals surface area contributed by atoms with Crippen LogP contribution in [0.5, 0.6) is 0 Å². The molecule has 2 aromatic carbocycles. The highest BCUT2D eigenvalue weighted by molar-refractivity contribution is 6.30. The number of likely N-dealkylation sites (N-methyl/N-ethyl adjacent to an activating group) is 1. The lowest BCUT2D eigenvalue weighted by molar-refractivity contribution is 0.0992. The number of halogens is 1. The second-order valence-electron chi connectivity index (χ2n) is 7.28. The SMILES string of the molecule is C.CN1CCN=C1c1ccc(C(=O)Cc2ccccc2C(=O)Nc2ccc(Cl)cn2)cc1. The molecule has 0 saturated heterocycles. The average Bonchev–Trinajstić information content (AvgIpc) is 3.21. The molecule has 0 atom stereocenters. The van der Waals surface area contributed by atoms with Crippen LogP contribution in [0.2, 0.25) is 5.02 Å². The Morgan fingerprint density at radius 1 is 1.06 bits per heavy atom. The van der Waals surface area contributed by atoms with E-state index in [4.69, 9.17) is 11.6 Å². The van der Waals surface area contributed by atoms with Crippen LogP contribution in [0, 0.1) is 0 Å². The molecule has 1 aromatic heterocycles. The molecule has 7 heteroatoms. The topological polar surface area (TPSA) is 74.7 Å². The van der Waals surface area contributed by atoms with Crippen molar-refractivity contribution < 1.29 is 9.59 Å². The van der Waals surface area contributed by atoms with E-state index < -0.39 is 0 Å². The van der Waals surface area contributed by atoms with Crippen LogP contribution in [-0.2, 0) is 6.42 Å². The van der Waals surface area contributed by atoms with Crippen molar-refractivity contribution >= 4 is 34.9 Å². The molecule has 1 N–H and O–H groups in total. The van der Waals surface area contributed by atoms with Crippen LogP contribution < -0.4 is 5.32 Å². The van der Waals surface area contributed by atoms with E-state index in [1.807, 2.05) is 37.4 Å². The van der Waals surface area contributed by atoms with Crippen molar-refractivity contribution in [1.82, 2.24) is 9.88 Å². The first kappa shape index (κ1) is 23.2. The highest BCUT2D eigenvalue weighted by Crippen LogP contribution is 2.17. The molecular formula is C25H25ClN4O2. The molecule has 4 rings (SSSR count). The number of nitrogens with one attached hydrogen (secondary N) is 1. The lowest BCUT2D eigenvalue weighted by Gasteiger charge is -2.14. The number of carbonyl (C=O) groups excluding carboxylic acids is 2. The van der Waals surface area contributed by atoms with Crippen molar-refractivity contribution in [3.8, 4) is 0 Å². The van der Waals surface area contributed by atoms with Crippen LogP contribution in [0.4, 0.5) is 5.82 Å². The highest BCUT2D eigenvalue weighted by atomic mass is 35.5. The van der Waals surface area contributed by atoms with Gasteiger partial charge in [-0.3, -0.25) is 14.6 Å². The predicted octanol–water partition coefficient (Wildman–Crippen LogP) is 4.74. The zero-order valence-corrected chi connectivity index (χ0v) is 17.8. The number of Topliss-reactive ketones (excluding diaryl/α,β-unsaturated/α-hetero) is 1. The molecule has 0 spiro atoms. The molecule has 0 radical (unpaired) electrons. The number of hydrogen-bond donors (Lipinski definition) is 1. The summed E-state index contributed by atoms with van der Waals surface area (Å²) in [5, 5.41) is 3.23. The first-order valence-electron chi connectivity index (χ1n) is 9.91. The van der Waals surface area contributed by atoms with Gasteiger partial charge in [-0.25, -0.2) is 4.98 Å². The molecule has 1 aliphatic heterocycles. The Labute approximate surface area is 193 Å². The zero-order valence-electron chi connectivity index (χ0n) is 17.0. The van der Waals surface area contributed by atoms with Crippen LogP contribution in [0.25, 0.3) is 0 Å². The van der Waals surface area contributed by atoms with Gasteiger partial charge in [-0.05, 0) is 23.8 Å². The van der Waals surface area contributed by atoms with E-state index in [1.54, 1.807) is 30.3 Å². The van der Waals surface area contributed by atoms with E-state index in [1.165, 1.54) is 6.20 Å². The van der Waals surface area contributed by atoms with Gasteiger partial charge in [-0.2, -0.15) is 0 Å². The van der Waals surface area contributed by atoms with E-state index in [9.17, 15) is 9.59 Å². The lowest BCUT2D eigenvalue weighted by atomic mass is 9.97. The first-order chi connectivity index (χ1) is 15.0. The Hall–Kier alpha value is -3.51. The fourth-order valence-corrected chi connectivity index (χ4v) is 3.57. The Balaban J connectivity index is 0.00000289. The van der Waals surface area contributed by atoms with Crippen molar-refractivity contribution in [3.63, 3.8) is 0 Å². The third kappa shape index (κ3) is 5.21. The van der Waals surface area contributed by atoms with E-state index >= 15 is 0 Å². The van der Waals surface area contributed by atoms with E-state index in [0.29, 0.717) is 27.5 Å². The van der Waals surface area contributed by atoms with E-state index in [2.05, 4.69) is 20.2 Å². The van der Waals surface area contributed by atoms with E-state index in [0.717, 1.165) is 24.5 Å². The number of ketones is 1. The standard InChI is InChI=1S/C24H21ClN4O2.CH4/c1-29-13-12-26-23(29)17-8-6-16(7-9-17)21(30)14-18-4-2-3-5-20(18)24(31)28-22-11-10-19(25)15-27-22;/h2-11,15H,12-14H2,1H3,(H,27,28,31);1H4. The molecule has 164 valence electrons. The van der Waals surface area contributed by atoms with Gasteiger partial charge in [0.1, 0.15) is 11.7 Å². The van der Waals surface area contributed by atoms with Gasteiger partial charge in [-0.15, -0.1) is 0 Å². The number of anilines is 1. The summed E-state index contributed by atoms with van der Waals surface area (Å²) in [4.78, 5) is 36.3. The Kier molecular flexibility index (Phi) is 7.38. The van der Waals surface area contributed by atoms with Crippen LogP contribution >= 0.6 is 11.6 Å². The number of amidine groups is 1. The number of carbonyl (C=O) groups is 2. The molecule has 0 aliphatic carbocycles. The third-order valence-corrected chi connectivity index (χ3v) is 5.33. The van der Waals surface area contributed by atoms with Gasteiger partial charge in [0.2, 0.25) is 0 Å². The number of amides is 1. The summed E-state index contributed by atoms with van der Waals surface area (Å²) in [5.41, 5.74) is 2.68. The number of aliphatic imine (C=N–C) groups is 1. The largest absolute Gasteiger partial charge is 0.358 e. The normalized spacial score (nSPS) is 12.7. The molecule has 32 heavy (non-hydrogen) atoms. The zero-order chi connectivity index (χ0) is 21.8. The Bertz CT molecular complexity index is 1140. The molecule has 0 bridgehead atoms. The molecule has 0 fully saturated rings. The van der Waals surface area contributed by atoms with Crippen LogP contribution in [0.1, 0.15) is 39.3 Å². The van der Waals surface area contributed by atoms with Crippen molar-refractivity contribution in [3.05, 3.63) is 94.1 Å². The van der Waals surface area contributed by atoms with Gasteiger partial charge in [0.25, 0.3) is 5.91 Å². The molecule has 1 aliphatic rings. The Morgan fingerprint density at radius 2 is 1.81 bits per heavy atom. The van der Waals surface area contributed by atoms with Gasteiger partial charge in [0, 0.05) is 42.9 Å². The molecule has 3 aromatic rings. The molecule has 0 saturated carbocycles. The quantitative estimate of drug-likeness (QED) is 0.552. The number of benzene rings is 2. The van der Waals surface area contributed by atoms with Gasteiger partial charge < -0.3 is 10.2 Å². The summed E-state index contributed by atoms with van der Waals surface area (Å²) < 4.78 is 0. The summed E-state index contributed by atoms with van der Waals surface area (Å²) in [7, 11) is 2.01. The van der Waals surface area contributed by atoms with Crippen molar-refractivity contribution in [2.24, 2.45) is 4.99 Å². The molecule has 2 heterocycles. The van der Waals surface area contributed by atoms with Crippen LogP contribution in [-0.4, -0.2) is 47.5 Å². The predicted molar refractivity (Wildman–Crippen MR) is 129 cm³/mol. The summed E-state index contributed by atoms with van der Waals surface area (Å²) >= 11 is 5.84. The molecular weight excluding hydrogens is 424 g/mol. The summed E-state index contributed by atoms with van der Waals surface area (Å²) in [5.74, 6) is 0.955. The molecule has 6 nitrogen and oxygen atoms in total. The summed E-state index contributed by atoms with van der Waals surface area (Å²) in [6.45, 7) is 1.69. The van der Waals surface area contributed by atoms with Crippen LogP contribution in [0.3, 0.4) is 0 Å². The second-order valence-corrected chi connectivity index (χ2v) is 7.71. The Morgan fingerprint density at radius 3 is 2.47 bits per heavy atom. The fourth-order valence-electron chi connectivity index (χ4n) is 3.45. The van der Waals surface area contributed by atoms with Gasteiger partial charge in [0.15, 0.2) is 5.78 Å². The molecule has 1 amide bonds. The smallest absolute Gasteiger partial charge is 0.257 e. The highest BCUT2D eigenvalue weighted by Gasteiger charge is 2.17. The minimum atomic E-state index is -0.323. The number of nitrogens with zero attached hydrogens (tertiary/aromatic N) is 3. The number of pyridine rings is 1. The number of rotatable bonds is 6. The fraction of sp³-hybridized carbons (Fsp3) is 0.200. The van der Waals surface area contributed by atoms with Gasteiger partial charge in [0.05, 0.1) is 11.6 Å². The van der Waals surface area contributed by atoms with Gasteiger partial charge >= 0.3 is 0 Å². The average molecular weight is 449 g/mol. The second kappa shape index (κ2) is 10.2. The minimum Gasteiger partial charge on any atom is -0.358 e.